The number of ether oxygens (including phenoxy) is 1. The third-order valence-electron chi connectivity index (χ3n) is 3.53. The number of halogens is 1. The van der Waals surface area contributed by atoms with Gasteiger partial charge in [0, 0.05) is 22.6 Å². The van der Waals surface area contributed by atoms with Crippen molar-refractivity contribution in [2.45, 2.75) is 0 Å². The highest BCUT2D eigenvalue weighted by molar-refractivity contribution is 6.30. The van der Waals surface area contributed by atoms with Crippen LogP contribution in [0.2, 0.25) is 5.02 Å². The summed E-state index contributed by atoms with van der Waals surface area (Å²) in [6.07, 6.45) is 1.48. The molecule has 0 aliphatic rings. The van der Waals surface area contributed by atoms with Crippen LogP contribution < -0.4 is 10.6 Å². The standard InChI is InChI=1S/C19H15ClN4O3/c1-27-18(26)12-5-7-14(8-6-12)23-19-21-10-9-16(24-19)17(25)22-15-4-2-3-13(20)11-15/h2-11H,1H3,(H,22,25)(H,21,23,24). The number of nitrogens with one attached hydrogen (secondary N) is 2. The number of esters is 1. The molecule has 27 heavy (non-hydrogen) atoms. The first kappa shape index (κ1) is 18.3. The van der Waals surface area contributed by atoms with E-state index >= 15 is 0 Å². The summed E-state index contributed by atoms with van der Waals surface area (Å²) in [5.74, 6) is -0.555. The predicted molar refractivity (Wildman–Crippen MR) is 103 cm³/mol. The molecule has 136 valence electrons. The van der Waals surface area contributed by atoms with E-state index in [0.29, 0.717) is 22.0 Å². The van der Waals surface area contributed by atoms with Crippen LogP contribution in [0.4, 0.5) is 17.3 Å². The van der Waals surface area contributed by atoms with Crippen molar-refractivity contribution in [3.05, 3.63) is 77.1 Å². The lowest BCUT2D eigenvalue weighted by molar-refractivity contribution is 0.0600. The summed E-state index contributed by atoms with van der Waals surface area (Å²) in [6, 6.07) is 14.9. The Bertz CT molecular complexity index is 977. The van der Waals surface area contributed by atoms with Gasteiger partial charge in [-0.25, -0.2) is 14.8 Å². The average Bonchev–Trinajstić information content (AvgIpc) is 2.68. The van der Waals surface area contributed by atoms with Crippen molar-refractivity contribution in [1.29, 1.82) is 0 Å². The van der Waals surface area contributed by atoms with Crippen LogP contribution in [0.25, 0.3) is 0 Å². The van der Waals surface area contributed by atoms with E-state index in [2.05, 4.69) is 25.3 Å². The van der Waals surface area contributed by atoms with Crippen LogP contribution in [0, 0.1) is 0 Å². The van der Waals surface area contributed by atoms with Crippen molar-refractivity contribution in [2.75, 3.05) is 17.7 Å². The number of amides is 1. The molecule has 0 unspecified atom stereocenters. The van der Waals surface area contributed by atoms with Gasteiger partial charge >= 0.3 is 5.97 Å². The zero-order valence-corrected chi connectivity index (χ0v) is 15.0. The van der Waals surface area contributed by atoms with Crippen LogP contribution >= 0.6 is 11.6 Å². The van der Waals surface area contributed by atoms with Crippen LogP contribution in [-0.4, -0.2) is 29.0 Å². The molecule has 2 aromatic carbocycles. The molecule has 0 saturated carbocycles. The summed E-state index contributed by atoms with van der Waals surface area (Å²) in [5, 5.41) is 6.23. The molecule has 0 aliphatic heterocycles. The van der Waals surface area contributed by atoms with Crippen molar-refractivity contribution in [1.82, 2.24) is 9.97 Å². The van der Waals surface area contributed by atoms with Gasteiger partial charge in [0.1, 0.15) is 5.69 Å². The fourth-order valence-electron chi connectivity index (χ4n) is 2.24. The maximum Gasteiger partial charge on any atom is 0.337 e. The monoisotopic (exact) mass is 382 g/mol. The Morgan fingerprint density at radius 2 is 1.81 bits per heavy atom. The number of nitrogens with zero attached hydrogens (tertiary/aromatic N) is 2. The minimum absolute atomic E-state index is 0.193. The lowest BCUT2D eigenvalue weighted by atomic mass is 10.2. The number of hydrogen-bond acceptors (Lipinski definition) is 6. The number of carbonyl (C=O) groups excluding carboxylic acids is 2. The Hall–Kier alpha value is -3.45. The lowest BCUT2D eigenvalue weighted by Crippen LogP contribution is -2.14. The van der Waals surface area contributed by atoms with Gasteiger partial charge < -0.3 is 15.4 Å². The fourth-order valence-corrected chi connectivity index (χ4v) is 2.43. The molecule has 2 N–H and O–H groups in total. The van der Waals surface area contributed by atoms with E-state index in [0.717, 1.165) is 0 Å². The normalized spacial score (nSPS) is 10.1. The van der Waals surface area contributed by atoms with Crippen molar-refractivity contribution in [3.63, 3.8) is 0 Å². The minimum atomic E-state index is -0.419. The molecule has 0 fully saturated rings. The van der Waals surface area contributed by atoms with Gasteiger partial charge in [-0.05, 0) is 48.5 Å². The molecule has 0 aliphatic carbocycles. The number of benzene rings is 2. The van der Waals surface area contributed by atoms with Gasteiger partial charge in [-0.1, -0.05) is 17.7 Å². The molecular weight excluding hydrogens is 368 g/mol. The van der Waals surface area contributed by atoms with Gasteiger partial charge in [0.15, 0.2) is 0 Å². The largest absolute Gasteiger partial charge is 0.465 e. The van der Waals surface area contributed by atoms with Gasteiger partial charge in [-0.15, -0.1) is 0 Å². The number of hydrogen-bond donors (Lipinski definition) is 2. The Kier molecular flexibility index (Phi) is 5.63. The van der Waals surface area contributed by atoms with Crippen LogP contribution in [-0.2, 0) is 4.74 Å². The van der Waals surface area contributed by atoms with Crippen molar-refractivity contribution >= 4 is 40.8 Å². The van der Waals surface area contributed by atoms with E-state index in [-0.39, 0.29) is 17.5 Å². The number of rotatable bonds is 5. The Morgan fingerprint density at radius 3 is 2.52 bits per heavy atom. The molecule has 0 bridgehead atoms. The van der Waals surface area contributed by atoms with E-state index in [4.69, 9.17) is 11.6 Å². The number of aromatic nitrogens is 2. The quantitative estimate of drug-likeness (QED) is 0.650. The van der Waals surface area contributed by atoms with Gasteiger partial charge in [-0.2, -0.15) is 0 Å². The Balaban J connectivity index is 1.71. The summed E-state index contributed by atoms with van der Waals surface area (Å²) >= 11 is 5.91. The molecule has 1 amide bonds. The number of anilines is 3. The van der Waals surface area contributed by atoms with Gasteiger partial charge in [0.2, 0.25) is 5.95 Å². The third kappa shape index (κ3) is 4.80. The van der Waals surface area contributed by atoms with Crippen molar-refractivity contribution in [3.8, 4) is 0 Å². The average molecular weight is 383 g/mol. The lowest BCUT2D eigenvalue weighted by Gasteiger charge is -2.08. The first-order valence-electron chi connectivity index (χ1n) is 7.90. The first-order valence-corrected chi connectivity index (χ1v) is 8.28. The van der Waals surface area contributed by atoms with E-state index in [1.165, 1.54) is 19.4 Å². The fraction of sp³-hybridized carbons (Fsp3) is 0.0526. The van der Waals surface area contributed by atoms with E-state index in [9.17, 15) is 9.59 Å². The molecule has 0 spiro atoms. The highest BCUT2D eigenvalue weighted by Crippen LogP contribution is 2.17. The second kappa shape index (κ2) is 8.29. The van der Waals surface area contributed by atoms with Crippen molar-refractivity contribution < 1.29 is 14.3 Å². The summed E-state index contributed by atoms with van der Waals surface area (Å²) in [4.78, 5) is 32.1. The zero-order chi connectivity index (χ0) is 19.2. The maximum atomic E-state index is 12.4. The van der Waals surface area contributed by atoms with E-state index in [1.54, 1.807) is 48.5 Å². The molecule has 1 heterocycles. The summed E-state index contributed by atoms with van der Waals surface area (Å²) < 4.78 is 4.66. The SMILES string of the molecule is COC(=O)c1ccc(Nc2nccc(C(=O)Nc3cccc(Cl)c3)n2)cc1. The molecule has 7 nitrogen and oxygen atoms in total. The summed E-state index contributed by atoms with van der Waals surface area (Å²) in [5.41, 5.74) is 1.85. The van der Waals surface area contributed by atoms with E-state index < -0.39 is 5.97 Å². The van der Waals surface area contributed by atoms with Crippen LogP contribution in [0.3, 0.4) is 0 Å². The molecule has 8 heteroatoms. The maximum absolute atomic E-state index is 12.4. The molecule has 0 atom stereocenters. The molecule has 0 saturated heterocycles. The molecule has 1 aromatic heterocycles. The highest BCUT2D eigenvalue weighted by Gasteiger charge is 2.10. The predicted octanol–water partition coefficient (Wildman–Crippen LogP) is 3.91. The van der Waals surface area contributed by atoms with Crippen LogP contribution in [0.15, 0.2) is 60.8 Å². The van der Waals surface area contributed by atoms with Crippen LogP contribution in [0.5, 0.6) is 0 Å². The molecular formula is C19H15ClN4O3. The highest BCUT2D eigenvalue weighted by atomic mass is 35.5. The van der Waals surface area contributed by atoms with Gasteiger partial charge in [-0.3, -0.25) is 4.79 Å². The third-order valence-corrected chi connectivity index (χ3v) is 3.77. The number of carbonyl (C=O) groups is 2. The van der Waals surface area contributed by atoms with E-state index in [1.807, 2.05) is 0 Å². The summed E-state index contributed by atoms with van der Waals surface area (Å²) in [7, 11) is 1.32. The summed E-state index contributed by atoms with van der Waals surface area (Å²) in [6.45, 7) is 0. The zero-order valence-electron chi connectivity index (χ0n) is 14.3. The Labute approximate surface area is 160 Å². The Morgan fingerprint density at radius 1 is 1.04 bits per heavy atom. The second-order valence-electron chi connectivity index (χ2n) is 5.42. The molecule has 0 radical (unpaired) electrons. The van der Waals surface area contributed by atoms with Gasteiger partial charge in [0.25, 0.3) is 5.91 Å². The minimum Gasteiger partial charge on any atom is -0.465 e. The number of methoxy groups -OCH3 is 1. The van der Waals surface area contributed by atoms with Gasteiger partial charge in [0.05, 0.1) is 12.7 Å². The first-order chi connectivity index (χ1) is 13.0. The molecule has 3 rings (SSSR count). The van der Waals surface area contributed by atoms with Crippen LogP contribution in [0.1, 0.15) is 20.8 Å². The van der Waals surface area contributed by atoms with Crippen molar-refractivity contribution in [2.24, 2.45) is 0 Å². The smallest absolute Gasteiger partial charge is 0.337 e. The topological polar surface area (TPSA) is 93.2 Å². The second-order valence-corrected chi connectivity index (χ2v) is 5.86. The molecule has 3 aromatic rings.